The summed E-state index contributed by atoms with van der Waals surface area (Å²) in [6.07, 6.45) is 2.92. The number of allylic oxidation sites excluding steroid dienone is 2. The minimum Gasteiger partial charge on any atom is -0.495 e. The lowest BCUT2D eigenvalue weighted by Crippen LogP contribution is -1.90. The molecular formula is C14H17BrO. The summed E-state index contributed by atoms with van der Waals surface area (Å²) in [7, 11) is 0. The van der Waals surface area contributed by atoms with Gasteiger partial charge in [0.1, 0.15) is 5.76 Å². The van der Waals surface area contributed by atoms with Crippen LogP contribution in [0.4, 0.5) is 0 Å². The first kappa shape index (κ1) is 13.0. The number of hydrogen-bond donors (Lipinski definition) is 0. The fourth-order valence-corrected chi connectivity index (χ4v) is 1.74. The summed E-state index contributed by atoms with van der Waals surface area (Å²) in [5.41, 5.74) is 2.54. The third kappa shape index (κ3) is 4.67. The molecule has 0 aromatic heterocycles. The summed E-state index contributed by atoms with van der Waals surface area (Å²) in [6.45, 7) is 8.55. The van der Waals surface area contributed by atoms with Crippen molar-refractivity contribution >= 4 is 15.9 Å². The summed E-state index contributed by atoms with van der Waals surface area (Å²) in [6, 6.07) is 8.34. The highest BCUT2D eigenvalue weighted by Gasteiger charge is 1.96. The average Bonchev–Trinajstić information content (AvgIpc) is 2.21. The molecule has 0 fully saturated rings. The molecule has 0 radical (unpaired) electrons. The largest absolute Gasteiger partial charge is 0.495 e. The van der Waals surface area contributed by atoms with Crippen molar-refractivity contribution in [2.24, 2.45) is 0 Å². The van der Waals surface area contributed by atoms with Crippen molar-refractivity contribution in [1.29, 1.82) is 0 Å². The molecule has 0 saturated carbocycles. The van der Waals surface area contributed by atoms with E-state index in [4.69, 9.17) is 4.74 Å². The van der Waals surface area contributed by atoms with E-state index < -0.39 is 0 Å². The lowest BCUT2D eigenvalue weighted by atomic mass is 10.1. The van der Waals surface area contributed by atoms with Crippen molar-refractivity contribution in [2.75, 3.05) is 6.61 Å². The lowest BCUT2D eigenvalue weighted by molar-refractivity contribution is 0.244. The Balaban J connectivity index is 2.60. The van der Waals surface area contributed by atoms with Gasteiger partial charge in [-0.25, -0.2) is 0 Å². The maximum atomic E-state index is 5.29. The second-order valence-electron chi connectivity index (χ2n) is 3.69. The maximum Gasteiger partial charge on any atom is 0.112 e. The summed E-state index contributed by atoms with van der Waals surface area (Å²) in [4.78, 5) is 0. The Morgan fingerprint density at radius 2 is 2.00 bits per heavy atom. The molecule has 0 aliphatic carbocycles. The second-order valence-corrected chi connectivity index (χ2v) is 4.61. The van der Waals surface area contributed by atoms with E-state index in [9.17, 15) is 0 Å². The number of benzene rings is 1. The second kappa shape index (κ2) is 6.54. The molecule has 0 atom stereocenters. The zero-order valence-corrected chi connectivity index (χ0v) is 11.4. The minimum absolute atomic E-state index is 0.668. The van der Waals surface area contributed by atoms with Crippen molar-refractivity contribution in [2.45, 2.75) is 20.3 Å². The first-order valence-corrected chi connectivity index (χ1v) is 6.14. The molecule has 0 amide bonds. The standard InChI is InChI=1S/C14H17BrO/c1-4-16-12(3)9-11(2)10-13-5-7-14(15)8-6-13/h5-9H,3-4,10H2,1-2H3. The third-order valence-electron chi connectivity index (χ3n) is 2.13. The molecule has 0 aliphatic rings. The zero-order valence-electron chi connectivity index (χ0n) is 9.79. The highest BCUT2D eigenvalue weighted by molar-refractivity contribution is 9.10. The molecular weight excluding hydrogens is 264 g/mol. The van der Waals surface area contributed by atoms with Crippen LogP contribution in [0, 0.1) is 0 Å². The van der Waals surface area contributed by atoms with Gasteiger partial charge >= 0.3 is 0 Å². The molecule has 0 aliphatic heterocycles. The van der Waals surface area contributed by atoms with Crippen LogP contribution >= 0.6 is 15.9 Å². The Kier molecular flexibility index (Phi) is 5.33. The van der Waals surface area contributed by atoms with Gasteiger partial charge in [0.25, 0.3) is 0 Å². The van der Waals surface area contributed by atoms with Gasteiger partial charge in [0.2, 0.25) is 0 Å². The lowest BCUT2D eigenvalue weighted by Gasteiger charge is -2.05. The van der Waals surface area contributed by atoms with Crippen LogP contribution in [0.2, 0.25) is 0 Å². The molecule has 1 aromatic rings. The van der Waals surface area contributed by atoms with Gasteiger partial charge in [-0.05, 0) is 44.0 Å². The fraction of sp³-hybridized carbons (Fsp3) is 0.286. The topological polar surface area (TPSA) is 9.23 Å². The van der Waals surface area contributed by atoms with E-state index in [1.807, 2.05) is 13.0 Å². The minimum atomic E-state index is 0.668. The first-order chi connectivity index (χ1) is 7.61. The van der Waals surface area contributed by atoms with E-state index in [2.05, 4.69) is 53.7 Å². The van der Waals surface area contributed by atoms with Crippen LogP contribution < -0.4 is 0 Å². The van der Waals surface area contributed by atoms with E-state index in [0.29, 0.717) is 6.61 Å². The highest BCUT2D eigenvalue weighted by Crippen LogP contribution is 2.14. The Morgan fingerprint density at radius 1 is 1.38 bits per heavy atom. The fourth-order valence-electron chi connectivity index (χ4n) is 1.48. The van der Waals surface area contributed by atoms with Crippen LogP contribution in [0.3, 0.4) is 0 Å². The molecule has 0 unspecified atom stereocenters. The van der Waals surface area contributed by atoms with Gasteiger partial charge in [-0.3, -0.25) is 0 Å². The van der Waals surface area contributed by atoms with E-state index in [-0.39, 0.29) is 0 Å². The molecule has 1 aromatic carbocycles. The van der Waals surface area contributed by atoms with Gasteiger partial charge < -0.3 is 4.74 Å². The van der Waals surface area contributed by atoms with Crippen LogP contribution in [0.25, 0.3) is 0 Å². The van der Waals surface area contributed by atoms with Gasteiger partial charge in [-0.2, -0.15) is 0 Å². The number of rotatable bonds is 5. The van der Waals surface area contributed by atoms with Crippen molar-refractivity contribution < 1.29 is 4.74 Å². The quantitative estimate of drug-likeness (QED) is 0.571. The molecule has 0 saturated heterocycles. The highest BCUT2D eigenvalue weighted by atomic mass is 79.9. The van der Waals surface area contributed by atoms with E-state index in [1.54, 1.807) is 0 Å². The SMILES string of the molecule is C=C(C=C(C)Cc1ccc(Br)cc1)OCC. The normalized spacial score (nSPS) is 11.3. The van der Waals surface area contributed by atoms with Crippen LogP contribution in [0.15, 0.2) is 52.7 Å². The first-order valence-electron chi connectivity index (χ1n) is 5.35. The van der Waals surface area contributed by atoms with Crippen molar-refractivity contribution in [3.05, 3.63) is 58.3 Å². The smallest absolute Gasteiger partial charge is 0.112 e. The summed E-state index contributed by atoms with van der Waals surface area (Å²) in [5, 5.41) is 0. The molecule has 1 nitrogen and oxygen atoms in total. The maximum absolute atomic E-state index is 5.29. The summed E-state index contributed by atoms with van der Waals surface area (Å²) < 4.78 is 6.40. The molecule has 2 heteroatoms. The van der Waals surface area contributed by atoms with Crippen molar-refractivity contribution in [3.63, 3.8) is 0 Å². The zero-order chi connectivity index (χ0) is 12.0. The van der Waals surface area contributed by atoms with Crippen molar-refractivity contribution in [3.8, 4) is 0 Å². The molecule has 16 heavy (non-hydrogen) atoms. The molecule has 1 rings (SSSR count). The van der Waals surface area contributed by atoms with Gasteiger partial charge in [0.15, 0.2) is 0 Å². The van der Waals surface area contributed by atoms with Crippen LogP contribution in [-0.2, 0) is 11.2 Å². The Morgan fingerprint density at radius 3 is 2.56 bits per heavy atom. The van der Waals surface area contributed by atoms with Crippen LogP contribution in [0.5, 0.6) is 0 Å². The molecule has 0 bridgehead atoms. The predicted molar refractivity (Wildman–Crippen MR) is 72.4 cm³/mol. The van der Waals surface area contributed by atoms with Crippen molar-refractivity contribution in [1.82, 2.24) is 0 Å². The third-order valence-corrected chi connectivity index (χ3v) is 2.66. The van der Waals surface area contributed by atoms with Gasteiger partial charge in [0.05, 0.1) is 6.61 Å². The van der Waals surface area contributed by atoms with Crippen LogP contribution in [0.1, 0.15) is 19.4 Å². The molecule has 86 valence electrons. The van der Waals surface area contributed by atoms with E-state index in [1.165, 1.54) is 11.1 Å². The monoisotopic (exact) mass is 280 g/mol. The van der Waals surface area contributed by atoms with Crippen LogP contribution in [-0.4, -0.2) is 6.61 Å². The molecule has 0 N–H and O–H groups in total. The number of hydrogen-bond acceptors (Lipinski definition) is 1. The Bertz CT molecular complexity index is 376. The number of ether oxygens (including phenoxy) is 1. The molecule has 0 spiro atoms. The van der Waals surface area contributed by atoms with Gasteiger partial charge in [-0.15, -0.1) is 0 Å². The predicted octanol–water partition coefficient (Wildman–Crippen LogP) is 4.49. The van der Waals surface area contributed by atoms with Gasteiger partial charge in [-0.1, -0.05) is 40.2 Å². The summed E-state index contributed by atoms with van der Waals surface area (Å²) in [5.74, 6) is 0.733. The van der Waals surface area contributed by atoms with E-state index in [0.717, 1.165) is 16.7 Å². The van der Waals surface area contributed by atoms with Gasteiger partial charge in [0, 0.05) is 4.47 Å². The Hall–Kier alpha value is -1.02. The average molecular weight is 281 g/mol. The summed E-state index contributed by atoms with van der Waals surface area (Å²) >= 11 is 3.42. The Labute approximate surface area is 106 Å². The van der Waals surface area contributed by atoms with E-state index >= 15 is 0 Å². The molecule has 0 heterocycles. The number of halogens is 1.